The van der Waals surface area contributed by atoms with E-state index in [2.05, 4.69) is 42.3 Å². The Kier molecular flexibility index (Phi) is 5.05. The number of hydrogen-bond acceptors (Lipinski definition) is 2. The number of carbonyl (C=O) groups excluding carboxylic acids is 2. The summed E-state index contributed by atoms with van der Waals surface area (Å²) in [5, 5.41) is 4.55. The lowest BCUT2D eigenvalue weighted by Gasteiger charge is -2.31. The number of amides is 2. The summed E-state index contributed by atoms with van der Waals surface area (Å²) < 4.78 is 0. The Morgan fingerprint density at radius 1 is 1.16 bits per heavy atom. The van der Waals surface area contributed by atoms with Crippen molar-refractivity contribution in [1.29, 1.82) is 0 Å². The third-order valence-corrected chi connectivity index (χ3v) is 6.65. The van der Waals surface area contributed by atoms with Crippen molar-refractivity contribution in [2.75, 3.05) is 0 Å². The molecular formula is C26H29N3O2. The zero-order chi connectivity index (χ0) is 21.5. The molecule has 0 bridgehead atoms. The summed E-state index contributed by atoms with van der Waals surface area (Å²) in [5.41, 5.74) is 5.29. The summed E-state index contributed by atoms with van der Waals surface area (Å²) >= 11 is 0. The van der Waals surface area contributed by atoms with E-state index in [9.17, 15) is 9.59 Å². The van der Waals surface area contributed by atoms with Crippen LogP contribution in [-0.2, 0) is 17.8 Å². The molecule has 0 radical (unpaired) electrons. The van der Waals surface area contributed by atoms with E-state index in [1.807, 2.05) is 30.3 Å². The average molecular weight is 416 g/mol. The van der Waals surface area contributed by atoms with Gasteiger partial charge in [-0.1, -0.05) is 50.2 Å². The number of hydrogen-bond donors (Lipinski definition) is 2. The van der Waals surface area contributed by atoms with Crippen LogP contribution >= 0.6 is 0 Å². The second-order valence-corrected chi connectivity index (χ2v) is 9.25. The molecule has 3 aromatic rings. The van der Waals surface area contributed by atoms with E-state index in [0.29, 0.717) is 18.9 Å². The maximum atomic E-state index is 13.5. The molecule has 1 aliphatic carbocycles. The van der Waals surface area contributed by atoms with Gasteiger partial charge >= 0.3 is 0 Å². The summed E-state index contributed by atoms with van der Waals surface area (Å²) in [6.45, 7) is 4.71. The van der Waals surface area contributed by atoms with Crippen molar-refractivity contribution in [3.8, 4) is 0 Å². The highest BCUT2D eigenvalue weighted by atomic mass is 16.2. The van der Waals surface area contributed by atoms with E-state index in [1.54, 1.807) is 4.90 Å². The smallest absolute Gasteiger partial charge is 0.255 e. The minimum absolute atomic E-state index is 0.0358. The van der Waals surface area contributed by atoms with Crippen LogP contribution in [0.1, 0.15) is 66.3 Å². The topological polar surface area (TPSA) is 65.2 Å². The van der Waals surface area contributed by atoms with E-state index >= 15 is 0 Å². The largest absolute Gasteiger partial charge is 0.356 e. The molecule has 5 nitrogen and oxygen atoms in total. The van der Waals surface area contributed by atoms with Gasteiger partial charge in [-0.05, 0) is 54.9 Å². The number of nitrogens with zero attached hydrogens (tertiary/aromatic N) is 1. The first-order valence-electron chi connectivity index (χ1n) is 11.3. The predicted molar refractivity (Wildman–Crippen MR) is 122 cm³/mol. The Labute approximate surface area is 182 Å². The van der Waals surface area contributed by atoms with Crippen LogP contribution in [-0.4, -0.2) is 27.7 Å². The molecule has 31 heavy (non-hydrogen) atoms. The summed E-state index contributed by atoms with van der Waals surface area (Å²) in [7, 11) is 0. The average Bonchev–Trinajstić information content (AvgIpc) is 3.31. The van der Waals surface area contributed by atoms with Gasteiger partial charge in [-0.15, -0.1) is 0 Å². The van der Waals surface area contributed by atoms with Gasteiger partial charge in [0.05, 0.1) is 6.04 Å². The van der Waals surface area contributed by atoms with Crippen molar-refractivity contribution in [1.82, 2.24) is 15.2 Å². The number of aryl methyl sites for hydroxylation is 1. The van der Waals surface area contributed by atoms with Crippen LogP contribution in [0.15, 0.2) is 48.5 Å². The summed E-state index contributed by atoms with van der Waals surface area (Å²) in [4.78, 5) is 31.9. The van der Waals surface area contributed by atoms with Crippen LogP contribution in [0.2, 0.25) is 0 Å². The van der Waals surface area contributed by atoms with Crippen molar-refractivity contribution in [2.45, 2.75) is 58.2 Å². The summed E-state index contributed by atoms with van der Waals surface area (Å²) in [5.74, 6) is 0.222. The molecule has 0 saturated heterocycles. The zero-order valence-corrected chi connectivity index (χ0v) is 18.2. The lowest BCUT2D eigenvalue weighted by molar-refractivity contribution is -0.127. The number of carbonyl (C=O) groups is 2. The van der Waals surface area contributed by atoms with Gasteiger partial charge in [-0.3, -0.25) is 9.59 Å². The molecule has 2 heterocycles. The quantitative estimate of drug-likeness (QED) is 0.633. The molecule has 0 saturated carbocycles. The second kappa shape index (κ2) is 7.88. The van der Waals surface area contributed by atoms with Crippen LogP contribution in [0.25, 0.3) is 10.9 Å². The fourth-order valence-electron chi connectivity index (χ4n) is 5.18. The third-order valence-electron chi connectivity index (χ3n) is 6.65. The Bertz CT molecular complexity index is 1150. The highest BCUT2D eigenvalue weighted by Crippen LogP contribution is 2.35. The minimum Gasteiger partial charge on any atom is -0.356 e. The summed E-state index contributed by atoms with van der Waals surface area (Å²) in [6, 6.07) is 15.5. The van der Waals surface area contributed by atoms with Gasteiger partial charge in [0, 0.05) is 28.7 Å². The van der Waals surface area contributed by atoms with Gasteiger partial charge in [0.1, 0.15) is 6.04 Å². The maximum Gasteiger partial charge on any atom is 0.255 e. The molecule has 5 heteroatoms. The highest BCUT2D eigenvalue weighted by Gasteiger charge is 2.37. The Morgan fingerprint density at radius 3 is 2.74 bits per heavy atom. The van der Waals surface area contributed by atoms with Gasteiger partial charge in [-0.2, -0.15) is 0 Å². The number of para-hydroxylation sites is 1. The van der Waals surface area contributed by atoms with Gasteiger partial charge in [0.15, 0.2) is 0 Å². The van der Waals surface area contributed by atoms with Crippen LogP contribution in [0.3, 0.4) is 0 Å². The van der Waals surface area contributed by atoms with Gasteiger partial charge in [0.2, 0.25) is 5.91 Å². The minimum atomic E-state index is -0.463. The molecule has 2 aromatic carbocycles. The van der Waals surface area contributed by atoms with Crippen LogP contribution in [0, 0.1) is 5.92 Å². The molecule has 2 aliphatic rings. The molecule has 2 atom stereocenters. The Hall–Kier alpha value is -3.08. The number of benzene rings is 2. The molecule has 0 fully saturated rings. The van der Waals surface area contributed by atoms with Crippen LogP contribution in [0.5, 0.6) is 0 Å². The Morgan fingerprint density at radius 2 is 1.94 bits per heavy atom. The second-order valence-electron chi connectivity index (χ2n) is 9.25. The number of nitrogens with one attached hydrogen (secondary N) is 2. The first-order valence-corrected chi connectivity index (χ1v) is 11.3. The molecule has 2 unspecified atom stereocenters. The molecule has 160 valence electrons. The fourth-order valence-corrected chi connectivity index (χ4v) is 5.18. The van der Waals surface area contributed by atoms with Crippen LogP contribution in [0.4, 0.5) is 0 Å². The summed E-state index contributed by atoms with van der Waals surface area (Å²) in [6.07, 6.45) is 3.63. The number of H-pyrrole nitrogens is 1. The number of aromatic amines is 1. The molecule has 1 aromatic heterocycles. The fraction of sp³-hybridized carbons (Fsp3) is 0.385. The number of fused-ring (bicyclic) bond motifs is 4. The van der Waals surface area contributed by atoms with Crippen LogP contribution < -0.4 is 5.32 Å². The first-order chi connectivity index (χ1) is 15.0. The van der Waals surface area contributed by atoms with Gasteiger partial charge in [-0.25, -0.2) is 0 Å². The monoisotopic (exact) mass is 415 g/mol. The third kappa shape index (κ3) is 3.52. The molecular weight excluding hydrogens is 386 g/mol. The van der Waals surface area contributed by atoms with Crippen molar-refractivity contribution in [2.24, 2.45) is 5.92 Å². The van der Waals surface area contributed by atoms with Gasteiger partial charge < -0.3 is 15.2 Å². The molecule has 2 amide bonds. The van der Waals surface area contributed by atoms with E-state index < -0.39 is 6.04 Å². The molecule has 0 spiro atoms. The molecule has 5 rings (SSSR count). The van der Waals surface area contributed by atoms with Crippen molar-refractivity contribution in [3.63, 3.8) is 0 Å². The van der Waals surface area contributed by atoms with E-state index in [4.69, 9.17) is 0 Å². The molecule has 1 aliphatic heterocycles. The lowest BCUT2D eigenvalue weighted by Crippen LogP contribution is -2.49. The van der Waals surface area contributed by atoms with Gasteiger partial charge in [0.25, 0.3) is 5.91 Å². The molecule has 2 N–H and O–H groups in total. The number of rotatable bonds is 5. The van der Waals surface area contributed by atoms with Crippen molar-refractivity contribution < 1.29 is 9.59 Å². The van der Waals surface area contributed by atoms with Crippen molar-refractivity contribution in [3.05, 3.63) is 70.9 Å². The number of aromatic nitrogens is 1. The van der Waals surface area contributed by atoms with E-state index in [-0.39, 0.29) is 17.9 Å². The first kappa shape index (κ1) is 19.9. The van der Waals surface area contributed by atoms with E-state index in [0.717, 1.165) is 41.6 Å². The normalized spacial score (nSPS) is 18.9. The highest BCUT2D eigenvalue weighted by molar-refractivity contribution is 6.01. The maximum absolute atomic E-state index is 13.5. The Balaban J connectivity index is 1.41. The zero-order valence-electron chi connectivity index (χ0n) is 18.2. The standard InChI is InChI=1S/C26H29N3O2/c1-16(2)14-23(29-15-17-8-3-4-9-18(17)26(29)31)25(30)28-22-13-7-11-20-19-10-5-6-12-21(19)27-24(20)22/h3-6,8-10,12,16,22-23,27H,7,11,13-15H2,1-2H3,(H,28,30). The van der Waals surface area contributed by atoms with E-state index in [1.165, 1.54) is 10.9 Å². The predicted octanol–water partition coefficient (Wildman–Crippen LogP) is 4.73. The SMILES string of the molecule is CC(C)CC(C(=O)NC1CCCc2c1[nH]c1ccccc21)N1Cc2ccccc2C1=O. The van der Waals surface area contributed by atoms with Crippen molar-refractivity contribution >= 4 is 22.7 Å². The lowest BCUT2D eigenvalue weighted by atomic mass is 9.91.